The Balaban J connectivity index is 2.32. The molecule has 0 unspecified atom stereocenters. The molecule has 0 atom stereocenters. The van der Waals surface area contributed by atoms with Crippen LogP contribution < -0.4 is 0 Å². The molecule has 108 valence electrons. The molecule has 0 heterocycles. The lowest BCUT2D eigenvalue weighted by Gasteiger charge is -2.04. The topological polar surface area (TPSA) is 17.1 Å². The van der Waals surface area contributed by atoms with E-state index in [0.717, 1.165) is 0 Å². The zero-order chi connectivity index (χ0) is 15.6. The second-order valence-electron chi connectivity index (χ2n) is 4.06. The summed E-state index contributed by atoms with van der Waals surface area (Å²) in [4.78, 5) is 12.1. The van der Waals surface area contributed by atoms with Crippen LogP contribution in [0.25, 0.3) is 6.08 Å². The Labute approximate surface area is 147 Å². The van der Waals surface area contributed by atoms with Gasteiger partial charge in [-0.25, -0.2) is 0 Å². The molecule has 0 radical (unpaired) electrons. The molecule has 0 aliphatic rings. The van der Waals surface area contributed by atoms with Crippen molar-refractivity contribution in [3.63, 3.8) is 0 Å². The summed E-state index contributed by atoms with van der Waals surface area (Å²) in [5.41, 5.74) is 0.897. The summed E-state index contributed by atoms with van der Waals surface area (Å²) in [6.07, 6.45) is 2.92. The molecule has 0 fully saturated rings. The van der Waals surface area contributed by atoms with E-state index in [1.54, 1.807) is 24.3 Å². The number of allylic oxidation sites excluding steroid dienone is 1. The van der Waals surface area contributed by atoms with Gasteiger partial charge in [0.2, 0.25) is 0 Å². The fourth-order valence-electron chi connectivity index (χ4n) is 1.62. The Bertz CT molecular complexity index is 737. The van der Waals surface area contributed by atoms with Gasteiger partial charge >= 0.3 is 0 Å². The molecule has 0 spiro atoms. The molecule has 0 saturated heterocycles. The van der Waals surface area contributed by atoms with Crippen LogP contribution in [0.4, 0.5) is 0 Å². The second-order valence-corrected chi connectivity index (χ2v) is 6.01. The normalized spacial score (nSPS) is 11.1. The van der Waals surface area contributed by atoms with Crippen molar-refractivity contribution in [2.75, 3.05) is 0 Å². The van der Waals surface area contributed by atoms with Crippen molar-refractivity contribution >= 4 is 69.9 Å². The van der Waals surface area contributed by atoms with Crippen molar-refractivity contribution in [1.29, 1.82) is 0 Å². The number of halogens is 5. The Morgan fingerprint density at radius 3 is 2.19 bits per heavy atom. The number of rotatable bonds is 3. The maximum Gasteiger partial charge on any atom is 0.187 e. The van der Waals surface area contributed by atoms with Crippen LogP contribution in [0.5, 0.6) is 0 Å². The van der Waals surface area contributed by atoms with Gasteiger partial charge in [-0.3, -0.25) is 4.79 Å². The monoisotopic (exact) mass is 378 g/mol. The lowest BCUT2D eigenvalue weighted by atomic mass is 10.1. The third-order valence-corrected chi connectivity index (χ3v) is 4.82. The fraction of sp³-hybridized carbons (Fsp3) is 0. The summed E-state index contributed by atoms with van der Waals surface area (Å²) >= 11 is 29.7. The van der Waals surface area contributed by atoms with Crippen LogP contribution in [0.15, 0.2) is 36.4 Å². The minimum atomic E-state index is -0.311. The lowest BCUT2D eigenvalue weighted by molar-refractivity contribution is 0.104. The average molecular weight is 380 g/mol. The van der Waals surface area contributed by atoms with Crippen molar-refractivity contribution < 1.29 is 4.79 Å². The molecule has 0 saturated carbocycles. The van der Waals surface area contributed by atoms with Gasteiger partial charge in [0.1, 0.15) is 0 Å². The molecule has 0 aliphatic carbocycles. The van der Waals surface area contributed by atoms with Gasteiger partial charge in [0.25, 0.3) is 0 Å². The number of carbonyl (C=O) groups excluding carboxylic acids is 1. The summed E-state index contributed by atoms with van der Waals surface area (Å²) in [6, 6.07) is 8.18. The molecule has 0 bridgehead atoms. The van der Waals surface area contributed by atoms with Crippen molar-refractivity contribution in [1.82, 2.24) is 0 Å². The largest absolute Gasteiger partial charge is 0.289 e. The van der Waals surface area contributed by atoms with Crippen LogP contribution in [-0.2, 0) is 0 Å². The van der Waals surface area contributed by atoms with Crippen molar-refractivity contribution in [2.45, 2.75) is 0 Å². The second kappa shape index (κ2) is 7.04. The van der Waals surface area contributed by atoms with E-state index in [1.165, 1.54) is 18.2 Å². The Kier molecular flexibility index (Phi) is 5.59. The molecule has 1 nitrogen and oxygen atoms in total. The van der Waals surface area contributed by atoms with E-state index >= 15 is 0 Å². The van der Waals surface area contributed by atoms with Crippen LogP contribution in [0.3, 0.4) is 0 Å². The van der Waals surface area contributed by atoms with Gasteiger partial charge in [0, 0.05) is 5.56 Å². The van der Waals surface area contributed by atoms with Crippen LogP contribution in [0.2, 0.25) is 25.1 Å². The molecular formula is C15H7Cl5O. The standard InChI is InChI=1S/C15H7Cl5O/c16-10-3-1-2-8(13(10)18)4-7-12(21)9-5-6-11(17)15(20)14(9)19/h1-7H/b7-4+. The van der Waals surface area contributed by atoms with Gasteiger partial charge in [-0.2, -0.15) is 0 Å². The molecule has 2 aromatic carbocycles. The Hall–Kier alpha value is -0.700. The van der Waals surface area contributed by atoms with Crippen LogP contribution in [0.1, 0.15) is 15.9 Å². The van der Waals surface area contributed by atoms with Gasteiger partial charge in [-0.1, -0.05) is 70.1 Å². The van der Waals surface area contributed by atoms with E-state index in [2.05, 4.69) is 0 Å². The minimum Gasteiger partial charge on any atom is -0.289 e. The van der Waals surface area contributed by atoms with Crippen LogP contribution in [0, 0.1) is 0 Å². The summed E-state index contributed by atoms with van der Waals surface area (Å²) in [7, 11) is 0. The molecule has 6 heteroatoms. The number of carbonyl (C=O) groups is 1. The molecular weight excluding hydrogens is 373 g/mol. The Morgan fingerprint density at radius 1 is 0.810 bits per heavy atom. The van der Waals surface area contributed by atoms with Gasteiger partial charge in [0.05, 0.1) is 25.1 Å². The highest BCUT2D eigenvalue weighted by atomic mass is 35.5. The number of hydrogen-bond donors (Lipinski definition) is 0. The first-order valence-electron chi connectivity index (χ1n) is 5.71. The molecule has 0 aliphatic heterocycles. The van der Waals surface area contributed by atoms with E-state index in [9.17, 15) is 4.79 Å². The fourth-order valence-corrected chi connectivity index (χ4v) is 2.62. The summed E-state index contributed by atoms with van der Waals surface area (Å²) in [5.74, 6) is -0.311. The van der Waals surface area contributed by atoms with Gasteiger partial charge in [-0.15, -0.1) is 0 Å². The maximum absolute atomic E-state index is 12.1. The van der Waals surface area contributed by atoms with Gasteiger partial charge in [-0.05, 0) is 35.9 Å². The average Bonchev–Trinajstić information content (AvgIpc) is 2.46. The third-order valence-electron chi connectivity index (χ3n) is 2.70. The summed E-state index contributed by atoms with van der Waals surface area (Å²) < 4.78 is 0. The SMILES string of the molecule is O=C(/C=C/c1cccc(Cl)c1Cl)c1ccc(Cl)c(Cl)c1Cl. The highest BCUT2D eigenvalue weighted by Gasteiger charge is 2.13. The van der Waals surface area contributed by atoms with Crippen molar-refractivity contribution in [3.05, 3.63) is 72.6 Å². The molecule has 0 aromatic heterocycles. The van der Waals surface area contributed by atoms with Gasteiger partial charge in [0.15, 0.2) is 5.78 Å². The molecule has 2 rings (SSSR count). The molecule has 0 amide bonds. The van der Waals surface area contributed by atoms with Crippen LogP contribution >= 0.6 is 58.0 Å². The lowest BCUT2D eigenvalue weighted by Crippen LogP contribution is -1.96. The number of ketones is 1. The zero-order valence-electron chi connectivity index (χ0n) is 10.3. The van der Waals surface area contributed by atoms with E-state index < -0.39 is 0 Å². The van der Waals surface area contributed by atoms with Crippen molar-refractivity contribution in [3.8, 4) is 0 Å². The third kappa shape index (κ3) is 3.74. The highest BCUT2D eigenvalue weighted by Crippen LogP contribution is 2.33. The predicted octanol–water partition coefficient (Wildman–Crippen LogP) is 6.85. The predicted molar refractivity (Wildman–Crippen MR) is 91.3 cm³/mol. The van der Waals surface area contributed by atoms with Gasteiger partial charge < -0.3 is 0 Å². The summed E-state index contributed by atoms with van der Waals surface area (Å²) in [5, 5.41) is 1.36. The van der Waals surface area contributed by atoms with E-state index in [0.29, 0.717) is 20.6 Å². The van der Waals surface area contributed by atoms with Crippen LogP contribution in [-0.4, -0.2) is 5.78 Å². The number of hydrogen-bond acceptors (Lipinski definition) is 1. The molecule has 2 aromatic rings. The van der Waals surface area contributed by atoms with E-state index in [4.69, 9.17) is 58.0 Å². The molecule has 0 N–H and O–H groups in total. The Morgan fingerprint density at radius 2 is 1.48 bits per heavy atom. The van der Waals surface area contributed by atoms with E-state index in [1.807, 2.05) is 0 Å². The smallest absolute Gasteiger partial charge is 0.187 e. The quantitative estimate of drug-likeness (QED) is 0.323. The van der Waals surface area contributed by atoms with E-state index in [-0.39, 0.29) is 21.4 Å². The first kappa shape index (κ1) is 16.7. The first-order chi connectivity index (χ1) is 9.91. The maximum atomic E-state index is 12.1. The molecule has 21 heavy (non-hydrogen) atoms. The first-order valence-corrected chi connectivity index (χ1v) is 7.60. The summed E-state index contributed by atoms with van der Waals surface area (Å²) in [6.45, 7) is 0. The van der Waals surface area contributed by atoms with Crippen molar-refractivity contribution in [2.24, 2.45) is 0 Å². The highest BCUT2D eigenvalue weighted by molar-refractivity contribution is 6.49. The zero-order valence-corrected chi connectivity index (χ0v) is 14.1. The number of benzene rings is 2. The minimum absolute atomic E-state index is 0.121.